The molecule has 0 unspecified atom stereocenters. The number of para-hydroxylation sites is 1. The summed E-state index contributed by atoms with van der Waals surface area (Å²) in [5.74, 6) is 0.405. The highest BCUT2D eigenvalue weighted by molar-refractivity contribution is 5.94. The van der Waals surface area contributed by atoms with Crippen LogP contribution >= 0.6 is 0 Å². The molecule has 0 aliphatic carbocycles. The highest BCUT2D eigenvalue weighted by Crippen LogP contribution is 2.14. The summed E-state index contributed by atoms with van der Waals surface area (Å²) in [5, 5.41) is 0. The van der Waals surface area contributed by atoms with E-state index in [0.29, 0.717) is 44.8 Å². The Morgan fingerprint density at radius 2 is 1.84 bits per heavy atom. The quantitative estimate of drug-likeness (QED) is 0.827. The first-order valence-corrected chi connectivity index (χ1v) is 6.80. The number of anilines is 1. The number of likely N-dealkylation sites (tertiary alicyclic amines) is 1. The first-order chi connectivity index (χ1) is 9.20. The van der Waals surface area contributed by atoms with Crippen LogP contribution < -0.4 is 4.90 Å². The van der Waals surface area contributed by atoms with Crippen molar-refractivity contribution in [2.75, 3.05) is 31.1 Å². The van der Waals surface area contributed by atoms with E-state index in [0.717, 1.165) is 5.69 Å². The van der Waals surface area contributed by atoms with Gasteiger partial charge in [-0.1, -0.05) is 18.2 Å². The fourth-order valence-electron chi connectivity index (χ4n) is 2.35. The van der Waals surface area contributed by atoms with E-state index in [-0.39, 0.29) is 5.91 Å². The largest absolute Gasteiger partial charge is 0.312 e. The standard InChI is InChI=1S/C15H20N2O2/c1-2-17(13-6-4-3-5-7-13)15(19)12-16-10-8-14(18)9-11-16/h3-7H,2,8-12H2,1H3. The molecule has 102 valence electrons. The molecular weight excluding hydrogens is 240 g/mol. The fraction of sp³-hybridized carbons (Fsp3) is 0.467. The molecule has 1 aliphatic heterocycles. The molecule has 1 saturated heterocycles. The van der Waals surface area contributed by atoms with E-state index >= 15 is 0 Å². The number of benzene rings is 1. The summed E-state index contributed by atoms with van der Waals surface area (Å²) >= 11 is 0. The van der Waals surface area contributed by atoms with Crippen LogP contribution in [0.1, 0.15) is 19.8 Å². The van der Waals surface area contributed by atoms with Crippen LogP contribution in [0.15, 0.2) is 30.3 Å². The van der Waals surface area contributed by atoms with Crippen LogP contribution in [0.5, 0.6) is 0 Å². The average Bonchev–Trinajstić information content (AvgIpc) is 2.43. The van der Waals surface area contributed by atoms with E-state index < -0.39 is 0 Å². The zero-order valence-electron chi connectivity index (χ0n) is 11.3. The van der Waals surface area contributed by atoms with Gasteiger partial charge in [-0.2, -0.15) is 0 Å². The summed E-state index contributed by atoms with van der Waals surface area (Å²) in [7, 11) is 0. The SMILES string of the molecule is CCN(C(=O)CN1CCC(=O)CC1)c1ccccc1. The zero-order valence-corrected chi connectivity index (χ0v) is 11.3. The van der Waals surface area contributed by atoms with Crippen molar-refractivity contribution in [3.05, 3.63) is 30.3 Å². The average molecular weight is 260 g/mol. The Kier molecular flexibility index (Phi) is 4.68. The molecule has 0 aromatic heterocycles. The smallest absolute Gasteiger partial charge is 0.241 e. The third kappa shape index (κ3) is 3.64. The number of amides is 1. The topological polar surface area (TPSA) is 40.6 Å². The third-order valence-corrected chi connectivity index (χ3v) is 3.46. The molecule has 1 amide bonds. The molecule has 1 heterocycles. The van der Waals surface area contributed by atoms with Gasteiger partial charge in [0.2, 0.25) is 5.91 Å². The lowest BCUT2D eigenvalue weighted by molar-refractivity contribution is -0.124. The lowest BCUT2D eigenvalue weighted by atomic mass is 10.1. The molecule has 1 aliphatic rings. The van der Waals surface area contributed by atoms with Crippen molar-refractivity contribution in [2.24, 2.45) is 0 Å². The maximum atomic E-state index is 12.3. The summed E-state index contributed by atoms with van der Waals surface area (Å²) in [4.78, 5) is 27.4. The van der Waals surface area contributed by atoms with Crippen molar-refractivity contribution < 1.29 is 9.59 Å². The third-order valence-electron chi connectivity index (χ3n) is 3.46. The van der Waals surface area contributed by atoms with Gasteiger partial charge in [0.05, 0.1) is 6.54 Å². The van der Waals surface area contributed by atoms with Crippen LogP contribution in [0.3, 0.4) is 0 Å². The van der Waals surface area contributed by atoms with Crippen LogP contribution in [0.25, 0.3) is 0 Å². The highest BCUT2D eigenvalue weighted by atomic mass is 16.2. The summed E-state index contributed by atoms with van der Waals surface area (Å²) in [6, 6.07) is 9.70. The molecule has 0 N–H and O–H groups in total. The van der Waals surface area contributed by atoms with Crippen LogP contribution in [0.4, 0.5) is 5.69 Å². The van der Waals surface area contributed by atoms with Crippen LogP contribution in [-0.4, -0.2) is 42.8 Å². The van der Waals surface area contributed by atoms with Gasteiger partial charge in [-0.05, 0) is 19.1 Å². The molecule has 1 fully saturated rings. The van der Waals surface area contributed by atoms with E-state index in [1.165, 1.54) is 0 Å². The predicted molar refractivity (Wildman–Crippen MR) is 75.2 cm³/mol. The minimum Gasteiger partial charge on any atom is -0.312 e. The van der Waals surface area contributed by atoms with Gasteiger partial charge in [0.1, 0.15) is 5.78 Å². The molecular formula is C15H20N2O2. The lowest BCUT2D eigenvalue weighted by Crippen LogP contribution is -2.43. The minimum absolute atomic E-state index is 0.100. The summed E-state index contributed by atoms with van der Waals surface area (Å²) < 4.78 is 0. The molecule has 19 heavy (non-hydrogen) atoms. The van der Waals surface area contributed by atoms with Gasteiger partial charge in [-0.15, -0.1) is 0 Å². The summed E-state index contributed by atoms with van der Waals surface area (Å²) in [6.45, 7) is 4.45. The number of piperidine rings is 1. The van der Waals surface area contributed by atoms with Crippen molar-refractivity contribution in [1.82, 2.24) is 4.90 Å². The Balaban J connectivity index is 1.96. The first kappa shape index (κ1) is 13.7. The van der Waals surface area contributed by atoms with Crippen molar-refractivity contribution in [2.45, 2.75) is 19.8 Å². The predicted octanol–water partition coefficient (Wildman–Crippen LogP) is 1.70. The normalized spacial score (nSPS) is 16.4. The van der Waals surface area contributed by atoms with Gasteiger partial charge in [-0.25, -0.2) is 0 Å². The number of likely N-dealkylation sites (N-methyl/N-ethyl adjacent to an activating group) is 1. The number of carbonyl (C=O) groups excluding carboxylic acids is 2. The Labute approximate surface area is 114 Å². The maximum Gasteiger partial charge on any atom is 0.241 e. The van der Waals surface area contributed by atoms with E-state index in [1.54, 1.807) is 4.90 Å². The van der Waals surface area contributed by atoms with Crippen LogP contribution in [-0.2, 0) is 9.59 Å². The van der Waals surface area contributed by atoms with Crippen molar-refractivity contribution in [3.63, 3.8) is 0 Å². The number of Topliss-reactive ketones (excluding diaryl/α,β-unsaturated/α-hetero) is 1. The Bertz CT molecular complexity index is 435. The lowest BCUT2D eigenvalue weighted by Gasteiger charge is -2.28. The Morgan fingerprint density at radius 1 is 1.21 bits per heavy atom. The number of hydrogen-bond donors (Lipinski definition) is 0. The van der Waals surface area contributed by atoms with Crippen molar-refractivity contribution in [1.29, 1.82) is 0 Å². The molecule has 2 rings (SSSR count). The Hall–Kier alpha value is -1.68. The number of hydrogen-bond acceptors (Lipinski definition) is 3. The van der Waals surface area contributed by atoms with E-state index in [1.807, 2.05) is 37.3 Å². The molecule has 1 aromatic carbocycles. The van der Waals surface area contributed by atoms with E-state index in [9.17, 15) is 9.59 Å². The maximum absolute atomic E-state index is 12.3. The number of carbonyl (C=O) groups is 2. The molecule has 4 nitrogen and oxygen atoms in total. The van der Waals surface area contributed by atoms with Gasteiger partial charge >= 0.3 is 0 Å². The monoisotopic (exact) mass is 260 g/mol. The van der Waals surface area contributed by atoms with Gasteiger partial charge < -0.3 is 4.90 Å². The number of rotatable bonds is 4. The first-order valence-electron chi connectivity index (χ1n) is 6.80. The summed E-state index contributed by atoms with van der Waals surface area (Å²) in [5.41, 5.74) is 0.933. The zero-order chi connectivity index (χ0) is 13.7. The molecule has 1 aromatic rings. The Morgan fingerprint density at radius 3 is 2.42 bits per heavy atom. The molecule has 0 bridgehead atoms. The molecule has 0 spiro atoms. The van der Waals surface area contributed by atoms with E-state index in [4.69, 9.17) is 0 Å². The minimum atomic E-state index is 0.100. The van der Waals surface area contributed by atoms with Crippen LogP contribution in [0.2, 0.25) is 0 Å². The van der Waals surface area contributed by atoms with Crippen molar-refractivity contribution in [3.8, 4) is 0 Å². The van der Waals surface area contributed by atoms with Gasteiger partial charge in [0.15, 0.2) is 0 Å². The second-order valence-electron chi connectivity index (χ2n) is 4.79. The van der Waals surface area contributed by atoms with Crippen LogP contribution in [0, 0.1) is 0 Å². The molecule has 0 atom stereocenters. The number of ketones is 1. The van der Waals surface area contributed by atoms with Gasteiger partial charge in [-0.3, -0.25) is 14.5 Å². The highest BCUT2D eigenvalue weighted by Gasteiger charge is 2.21. The second-order valence-corrected chi connectivity index (χ2v) is 4.79. The summed E-state index contributed by atoms with van der Waals surface area (Å²) in [6.07, 6.45) is 1.15. The molecule has 0 radical (unpaired) electrons. The van der Waals surface area contributed by atoms with Gasteiger partial charge in [0, 0.05) is 38.2 Å². The van der Waals surface area contributed by atoms with E-state index in [2.05, 4.69) is 4.90 Å². The fourth-order valence-corrected chi connectivity index (χ4v) is 2.35. The molecule has 0 saturated carbocycles. The van der Waals surface area contributed by atoms with Gasteiger partial charge in [0.25, 0.3) is 0 Å². The number of nitrogens with zero attached hydrogens (tertiary/aromatic N) is 2. The van der Waals surface area contributed by atoms with Crippen molar-refractivity contribution >= 4 is 17.4 Å². The second kappa shape index (κ2) is 6.48. The molecule has 4 heteroatoms.